The number of carbonyl (C=O) groups is 2. The minimum absolute atomic E-state index is 0. The Morgan fingerprint density at radius 1 is 1.50 bits per heavy atom. The third kappa shape index (κ3) is 4.98. The number of hydrogen-bond acceptors (Lipinski definition) is 5. The molecule has 0 saturated carbocycles. The second-order valence-electron chi connectivity index (χ2n) is 5.42. The summed E-state index contributed by atoms with van der Waals surface area (Å²) in [7, 11) is 1.71. The fourth-order valence-corrected chi connectivity index (χ4v) is 2.29. The first kappa shape index (κ1) is 19.5. The number of carbonyl (C=O) groups excluding carboxylic acids is 2. The fourth-order valence-electron chi connectivity index (χ4n) is 2.29. The van der Waals surface area contributed by atoms with Crippen molar-refractivity contribution in [1.29, 1.82) is 5.41 Å². The standard InChI is InChI=1S/C14H21N7O2.ClH/c1-21-7-8(19-13(22)9-2-3-12(17)20-9)6-10(21)14(23)18-5-4-11(15)16;/h6-7,9H,2-5H2,1H3,(H3,15,16)(H2,17,20)(H,18,23)(H,19,22);1H/t9-;/m1./s1. The second-order valence-corrected chi connectivity index (χ2v) is 5.42. The van der Waals surface area contributed by atoms with Crippen LogP contribution in [-0.2, 0) is 11.8 Å². The molecule has 24 heavy (non-hydrogen) atoms. The van der Waals surface area contributed by atoms with E-state index in [1.807, 2.05) is 0 Å². The van der Waals surface area contributed by atoms with Crippen molar-refractivity contribution >= 4 is 41.6 Å². The van der Waals surface area contributed by atoms with E-state index in [9.17, 15) is 9.59 Å². The molecule has 0 saturated heterocycles. The van der Waals surface area contributed by atoms with E-state index in [1.165, 1.54) is 0 Å². The number of nitrogens with one attached hydrogen (secondary N) is 3. The largest absolute Gasteiger partial charge is 0.388 e. The van der Waals surface area contributed by atoms with Gasteiger partial charge in [-0.15, -0.1) is 12.4 Å². The predicted molar refractivity (Wildman–Crippen MR) is 94.8 cm³/mol. The molecule has 2 amide bonds. The molecule has 9 nitrogen and oxygen atoms in total. The van der Waals surface area contributed by atoms with Crippen LogP contribution in [0.3, 0.4) is 0 Å². The summed E-state index contributed by atoms with van der Waals surface area (Å²) in [4.78, 5) is 28.2. The van der Waals surface area contributed by atoms with Crippen LogP contribution in [0.1, 0.15) is 29.8 Å². The van der Waals surface area contributed by atoms with E-state index in [2.05, 4.69) is 15.6 Å². The first-order chi connectivity index (χ1) is 10.9. The first-order valence-electron chi connectivity index (χ1n) is 7.27. The molecule has 1 aromatic rings. The zero-order valence-electron chi connectivity index (χ0n) is 13.3. The van der Waals surface area contributed by atoms with Crippen LogP contribution in [-0.4, -0.2) is 40.6 Å². The van der Waals surface area contributed by atoms with E-state index in [1.54, 1.807) is 23.9 Å². The van der Waals surface area contributed by atoms with Crippen LogP contribution in [0, 0.1) is 5.41 Å². The van der Waals surface area contributed by atoms with Crippen LogP contribution >= 0.6 is 12.4 Å². The van der Waals surface area contributed by atoms with Gasteiger partial charge in [-0.25, -0.2) is 0 Å². The highest BCUT2D eigenvalue weighted by Gasteiger charge is 2.23. The lowest BCUT2D eigenvalue weighted by Gasteiger charge is -2.06. The number of aromatic nitrogens is 1. The molecule has 1 aromatic heterocycles. The molecular formula is C14H22ClN7O2. The molecule has 0 unspecified atom stereocenters. The quantitative estimate of drug-likeness (QED) is 0.359. The Hall–Kier alpha value is -2.55. The molecule has 132 valence electrons. The third-order valence-corrected chi connectivity index (χ3v) is 3.48. The molecule has 1 atom stereocenters. The minimum atomic E-state index is -0.469. The molecule has 10 heteroatoms. The van der Waals surface area contributed by atoms with Crippen LogP contribution < -0.4 is 22.1 Å². The molecule has 0 bridgehead atoms. The topological polar surface area (TPSA) is 151 Å². The number of hydrogen-bond donors (Lipinski definition) is 5. The summed E-state index contributed by atoms with van der Waals surface area (Å²) in [5.41, 5.74) is 11.7. The molecule has 7 N–H and O–H groups in total. The van der Waals surface area contributed by atoms with E-state index in [4.69, 9.17) is 16.9 Å². The van der Waals surface area contributed by atoms with Gasteiger partial charge in [0.1, 0.15) is 11.7 Å². The van der Waals surface area contributed by atoms with Gasteiger partial charge in [0.05, 0.1) is 17.4 Å². The van der Waals surface area contributed by atoms with Gasteiger partial charge >= 0.3 is 0 Å². The van der Waals surface area contributed by atoms with Crippen molar-refractivity contribution in [3.8, 4) is 0 Å². The van der Waals surface area contributed by atoms with Gasteiger partial charge in [-0.1, -0.05) is 0 Å². The summed E-state index contributed by atoms with van der Waals surface area (Å²) in [5, 5.41) is 12.5. The SMILES string of the molecule is Cl.Cn1cc(NC(=O)[C@H]2CCC(N)=N2)cc1C(=O)NCCC(=N)N. The zero-order valence-corrected chi connectivity index (χ0v) is 14.2. The summed E-state index contributed by atoms with van der Waals surface area (Å²) in [5.74, 6) is -0.0257. The Bertz CT molecular complexity index is 668. The number of aryl methyl sites for hydroxylation is 1. The smallest absolute Gasteiger partial charge is 0.267 e. The molecule has 0 fully saturated rings. The number of aliphatic imine (C=N–C) groups is 1. The Kier molecular flexibility index (Phi) is 6.78. The van der Waals surface area contributed by atoms with Crippen LogP contribution in [0.2, 0.25) is 0 Å². The third-order valence-electron chi connectivity index (χ3n) is 3.48. The number of nitrogens with two attached hydrogens (primary N) is 2. The Balaban J connectivity index is 0.00000288. The number of anilines is 1. The molecule has 0 radical (unpaired) electrons. The van der Waals surface area contributed by atoms with Crippen molar-refractivity contribution in [3.63, 3.8) is 0 Å². The Labute approximate surface area is 145 Å². The van der Waals surface area contributed by atoms with E-state index in [0.717, 1.165) is 0 Å². The maximum atomic E-state index is 12.1. The molecular weight excluding hydrogens is 334 g/mol. The monoisotopic (exact) mass is 355 g/mol. The molecule has 0 spiro atoms. The summed E-state index contributed by atoms with van der Waals surface area (Å²) in [6, 6.07) is 1.12. The minimum Gasteiger partial charge on any atom is -0.388 e. The number of amidine groups is 2. The van der Waals surface area contributed by atoms with Gasteiger partial charge in [0, 0.05) is 32.6 Å². The van der Waals surface area contributed by atoms with Crippen molar-refractivity contribution in [1.82, 2.24) is 9.88 Å². The number of rotatable bonds is 6. The molecule has 1 aliphatic rings. The van der Waals surface area contributed by atoms with Gasteiger partial charge in [0.15, 0.2) is 0 Å². The maximum absolute atomic E-state index is 12.1. The number of halogens is 1. The van der Waals surface area contributed by atoms with Gasteiger partial charge in [0.25, 0.3) is 5.91 Å². The van der Waals surface area contributed by atoms with Crippen LogP contribution in [0.15, 0.2) is 17.3 Å². The summed E-state index contributed by atoms with van der Waals surface area (Å²) >= 11 is 0. The molecule has 2 rings (SSSR count). The van der Waals surface area contributed by atoms with E-state index in [-0.39, 0.29) is 36.6 Å². The lowest BCUT2D eigenvalue weighted by Crippen LogP contribution is -2.28. The predicted octanol–water partition coefficient (Wildman–Crippen LogP) is -0.0391. The van der Waals surface area contributed by atoms with Gasteiger partial charge in [-0.2, -0.15) is 0 Å². The molecule has 2 heterocycles. The highest BCUT2D eigenvalue weighted by atomic mass is 35.5. The molecule has 1 aliphatic heterocycles. The van der Waals surface area contributed by atoms with Gasteiger partial charge in [0.2, 0.25) is 5.91 Å². The van der Waals surface area contributed by atoms with Gasteiger partial charge in [-0.3, -0.25) is 20.0 Å². The Morgan fingerprint density at radius 2 is 2.21 bits per heavy atom. The maximum Gasteiger partial charge on any atom is 0.267 e. The van der Waals surface area contributed by atoms with E-state index >= 15 is 0 Å². The van der Waals surface area contributed by atoms with Crippen molar-refractivity contribution < 1.29 is 9.59 Å². The van der Waals surface area contributed by atoms with E-state index in [0.29, 0.717) is 36.5 Å². The number of amides is 2. The highest BCUT2D eigenvalue weighted by molar-refractivity contribution is 6.00. The Morgan fingerprint density at radius 3 is 2.79 bits per heavy atom. The van der Waals surface area contributed by atoms with Gasteiger partial charge in [-0.05, 0) is 12.5 Å². The molecule has 0 aromatic carbocycles. The van der Waals surface area contributed by atoms with Crippen LogP contribution in [0.4, 0.5) is 5.69 Å². The zero-order chi connectivity index (χ0) is 17.0. The second kappa shape index (κ2) is 8.34. The lowest BCUT2D eigenvalue weighted by atomic mass is 10.2. The normalized spacial score (nSPS) is 16.0. The van der Waals surface area contributed by atoms with E-state index < -0.39 is 6.04 Å². The highest BCUT2D eigenvalue weighted by Crippen LogP contribution is 2.16. The average Bonchev–Trinajstić information content (AvgIpc) is 3.04. The lowest BCUT2D eigenvalue weighted by molar-refractivity contribution is -0.117. The summed E-state index contributed by atoms with van der Waals surface area (Å²) in [6.07, 6.45) is 3.17. The van der Waals surface area contributed by atoms with Crippen molar-refractivity contribution in [2.24, 2.45) is 23.5 Å². The van der Waals surface area contributed by atoms with Crippen LogP contribution in [0.25, 0.3) is 0 Å². The van der Waals surface area contributed by atoms with Crippen molar-refractivity contribution in [2.75, 3.05) is 11.9 Å². The van der Waals surface area contributed by atoms with Crippen molar-refractivity contribution in [2.45, 2.75) is 25.3 Å². The summed E-state index contributed by atoms with van der Waals surface area (Å²) in [6.45, 7) is 0.289. The number of nitrogens with zero attached hydrogens (tertiary/aromatic N) is 2. The van der Waals surface area contributed by atoms with Crippen molar-refractivity contribution in [3.05, 3.63) is 18.0 Å². The van der Waals surface area contributed by atoms with Crippen LogP contribution in [0.5, 0.6) is 0 Å². The first-order valence-corrected chi connectivity index (χ1v) is 7.27. The summed E-state index contributed by atoms with van der Waals surface area (Å²) < 4.78 is 1.62. The average molecular weight is 356 g/mol. The fraction of sp³-hybridized carbons (Fsp3) is 0.429. The van der Waals surface area contributed by atoms with Gasteiger partial charge < -0.3 is 26.7 Å². The molecule has 0 aliphatic carbocycles.